The number of allylic oxidation sites excluding steroid dienone is 1. The van der Waals surface area contributed by atoms with Gasteiger partial charge in [0.05, 0.1) is 32.7 Å². The van der Waals surface area contributed by atoms with Crippen molar-refractivity contribution < 1.29 is 4.42 Å². The first-order valence-electron chi connectivity index (χ1n) is 19.0. The van der Waals surface area contributed by atoms with Crippen molar-refractivity contribution in [2.75, 3.05) is 0 Å². The summed E-state index contributed by atoms with van der Waals surface area (Å²) in [4.78, 5) is 4.87. The highest BCUT2D eigenvalue weighted by Crippen LogP contribution is 2.42. The van der Waals surface area contributed by atoms with Crippen molar-refractivity contribution in [3.05, 3.63) is 205 Å². The highest BCUT2D eigenvalue weighted by Gasteiger charge is 2.18. The molecule has 0 aliphatic carbocycles. The molecule has 4 nitrogen and oxygen atoms in total. The average molecular weight is 748 g/mol. The Kier molecular flexibility index (Phi) is 7.79. The second kappa shape index (κ2) is 13.4. The lowest BCUT2D eigenvalue weighted by Gasteiger charge is -2.09. The van der Waals surface area contributed by atoms with Gasteiger partial charge in [-0.15, -0.1) is 11.3 Å². The molecule has 3 heterocycles. The standard InChI is InChI=1S/C52H33N3OS/c53-52(54-44(34-15-5-2-6-16-34)29-25-33-13-3-1-4-14-33)42-21-11-19-40-43-31-35(27-30-48(43)56-50(40)42)36-26-28-39-41-20-12-24-47(51(41)57-49(39)32-36)55-45-22-9-7-17-37(45)38-18-8-10-23-46(38)55/h1-32,53H/b29-25+,53-52?,54-44?. The molecule has 8 aromatic carbocycles. The Balaban J connectivity index is 0.986. The maximum absolute atomic E-state index is 9.21. The number of thiophene rings is 1. The van der Waals surface area contributed by atoms with E-state index < -0.39 is 0 Å². The van der Waals surface area contributed by atoms with Gasteiger partial charge >= 0.3 is 0 Å². The number of nitrogens with zero attached hydrogens (tertiary/aromatic N) is 2. The third kappa shape index (κ3) is 5.59. The number of hydrogen-bond acceptors (Lipinski definition) is 3. The number of hydrogen-bond donors (Lipinski definition) is 1. The number of fused-ring (bicyclic) bond motifs is 9. The summed E-state index contributed by atoms with van der Waals surface area (Å²) in [5.41, 5.74) is 10.7. The molecule has 0 saturated heterocycles. The van der Waals surface area contributed by atoms with E-state index in [0.717, 1.165) is 38.6 Å². The van der Waals surface area contributed by atoms with Crippen molar-refractivity contribution in [1.82, 2.24) is 4.57 Å². The van der Waals surface area contributed by atoms with Gasteiger partial charge in [0.2, 0.25) is 0 Å². The zero-order chi connectivity index (χ0) is 37.9. The summed E-state index contributed by atoms with van der Waals surface area (Å²) in [7, 11) is 0. The van der Waals surface area contributed by atoms with E-state index in [1.165, 1.54) is 47.7 Å². The number of amidine groups is 1. The van der Waals surface area contributed by atoms with Crippen molar-refractivity contribution in [1.29, 1.82) is 5.41 Å². The van der Waals surface area contributed by atoms with Gasteiger partial charge in [0.15, 0.2) is 5.84 Å². The zero-order valence-corrected chi connectivity index (χ0v) is 31.5. The molecule has 11 rings (SSSR count). The summed E-state index contributed by atoms with van der Waals surface area (Å²) in [5, 5.41) is 16.2. The Bertz CT molecular complexity index is 3370. The third-order valence-corrected chi connectivity index (χ3v) is 12.1. The Morgan fingerprint density at radius 1 is 0.561 bits per heavy atom. The van der Waals surface area contributed by atoms with Crippen molar-refractivity contribution in [3.8, 4) is 16.8 Å². The summed E-state index contributed by atoms with van der Waals surface area (Å²) in [5.74, 6) is 0.145. The van der Waals surface area contributed by atoms with Crippen molar-refractivity contribution >= 4 is 92.9 Å². The molecule has 0 aliphatic rings. The minimum atomic E-state index is 0.145. The third-order valence-electron chi connectivity index (χ3n) is 10.9. The maximum atomic E-state index is 9.21. The van der Waals surface area contributed by atoms with E-state index in [0.29, 0.717) is 16.9 Å². The summed E-state index contributed by atoms with van der Waals surface area (Å²) in [6.07, 6.45) is 4.01. The molecule has 0 bridgehead atoms. The van der Waals surface area contributed by atoms with Crippen LogP contribution in [0.1, 0.15) is 16.7 Å². The predicted octanol–water partition coefficient (Wildman–Crippen LogP) is 14.2. The van der Waals surface area contributed by atoms with Crippen LogP contribution < -0.4 is 0 Å². The Labute approximate surface area is 332 Å². The van der Waals surface area contributed by atoms with Gasteiger partial charge < -0.3 is 8.98 Å². The molecule has 3 aromatic heterocycles. The van der Waals surface area contributed by atoms with Crippen molar-refractivity contribution in [2.24, 2.45) is 4.99 Å². The van der Waals surface area contributed by atoms with E-state index in [9.17, 15) is 5.41 Å². The van der Waals surface area contributed by atoms with Crippen LogP contribution in [0.4, 0.5) is 0 Å². The van der Waals surface area contributed by atoms with Gasteiger partial charge in [-0.2, -0.15) is 0 Å². The van der Waals surface area contributed by atoms with Crippen molar-refractivity contribution in [2.45, 2.75) is 0 Å². The molecular weight excluding hydrogens is 715 g/mol. The average Bonchev–Trinajstić information content (AvgIpc) is 3.95. The first kappa shape index (κ1) is 33.0. The number of rotatable bonds is 6. The predicted molar refractivity (Wildman–Crippen MR) is 242 cm³/mol. The van der Waals surface area contributed by atoms with Gasteiger partial charge in [-0.1, -0.05) is 146 Å². The molecule has 0 unspecified atom stereocenters. The second-order valence-corrected chi connectivity index (χ2v) is 15.3. The fourth-order valence-corrected chi connectivity index (χ4v) is 9.46. The monoisotopic (exact) mass is 747 g/mol. The number of nitrogens with one attached hydrogen (secondary N) is 1. The molecule has 0 spiro atoms. The van der Waals surface area contributed by atoms with E-state index >= 15 is 0 Å². The molecule has 0 atom stereocenters. The van der Waals surface area contributed by atoms with E-state index in [2.05, 4.69) is 126 Å². The first-order valence-corrected chi connectivity index (χ1v) is 19.9. The fourth-order valence-electron chi connectivity index (χ4n) is 8.21. The van der Waals surface area contributed by atoms with E-state index in [4.69, 9.17) is 9.41 Å². The summed E-state index contributed by atoms with van der Waals surface area (Å²) < 4.78 is 11.4. The van der Waals surface area contributed by atoms with Crippen molar-refractivity contribution in [3.63, 3.8) is 0 Å². The van der Waals surface area contributed by atoms with Gasteiger partial charge in [0.1, 0.15) is 11.2 Å². The largest absolute Gasteiger partial charge is 0.455 e. The van der Waals surface area contributed by atoms with Crippen LogP contribution >= 0.6 is 11.3 Å². The number of aliphatic imine (C=N–C) groups is 1. The molecule has 0 saturated carbocycles. The number of furan rings is 1. The Morgan fingerprint density at radius 3 is 2.00 bits per heavy atom. The summed E-state index contributed by atoms with van der Waals surface area (Å²) in [6.45, 7) is 0. The maximum Gasteiger partial charge on any atom is 0.156 e. The number of aromatic nitrogens is 1. The smallest absolute Gasteiger partial charge is 0.156 e. The molecule has 0 radical (unpaired) electrons. The van der Waals surface area contributed by atoms with E-state index in [-0.39, 0.29) is 5.84 Å². The molecule has 268 valence electrons. The molecule has 0 fully saturated rings. The normalized spacial score (nSPS) is 12.3. The van der Waals surface area contributed by atoms with Crippen LogP contribution in [0.5, 0.6) is 0 Å². The lowest BCUT2D eigenvalue weighted by molar-refractivity contribution is 0.668. The second-order valence-electron chi connectivity index (χ2n) is 14.3. The molecule has 57 heavy (non-hydrogen) atoms. The first-order chi connectivity index (χ1) is 28.2. The quantitative estimate of drug-likeness (QED) is 0.134. The Hall–Kier alpha value is -7.34. The lowest BCUT2D eigenvalue weighted by atomic mass is 10.0. The minimum absolute atomic E-state index is 0.145. The van der Waals surface area contributed by atoms with Gasteiger partial charge in [-0.3, -0.25) is 5.41 Å². The zero-order valence-electron chi connectivity index (χ0n) is 30.7. The number of para-hydroxylation sites is 3. The summed E-state index contributed by atoms with van der Waals surface area (Å²) >= 11 is 1.85. The van der Waals surface area contributed by atoms with Crippen LogP contribution in [0.15, 0.2) is 197 Å². The van der Waals surface area contributed by atoms with Crippen LogP contribution in [0.25, 0.3) is 86.8 Å². The van der Waals surface area contributed by atoms with Crippen LogP contribution in [-0.2, 0) is 0 Å². The van der Waals surface area contributed by atoms with Crippen LogP contribution in [0, 0.1) is 5.41 Å². The minimum Gasteiger partial charge on any atom is -0.455 e. The molecule has 5 heteroatoms. The Morgan fingerprint density at radius 2 is 1.21 bits per heavy atom. The fraction of sp³-hybridized carbons (Fsp3) is 0. The molecule has 0 amide bonds. The molecular formula is C52H33N3OS. The summed E-state index contributed by atoms with van der Waals surface area (Å²) in [6, 6.07) is 63.4. The van der Waals surface area contributed by atoms with Gasteiger partial charge in [0, 0.05) is 42.6 Å². The van der Waals surface area contributed by atoms with Gasteiger partial charge in [0.25, 0.3) is 0 Å². The SMILES string of the molecule is N=C(N=C(/C=C/c1ccccc1)c1ccccc1)c1cccc2c1oc1ccc(-c3ccc4c(c3)sc3c(-n5c6ccccc6c6ccccc65)cccc34)cc12. The molecule has 11 aromatic rings. The molecule has 0 aliphatic heterocycles. The van der Waals surface area contributed by atoms with Gasteiger partial charge in [-0.05, 0) is 65.2 Å². The topological polar surface area (TPSA) is 54.3 Å². The highest BCUT2D eigenvalue weighted by atomic mass is 32.1. The van der Waals surface area contributed by atoms with Crippen LogP contribution in [0.3, 0.4) is 0 Å². The lowest BCUT2D eigenvalue weighted by Crippen LogP contribution is -2.04. The van der Waals surface area contributed by atoms with E-state index in [1.54, 1.807) is 0 Å². The van der Waals surface area contributed by atoms with Gasteiger partial charge in [-0.25, -0.2) is 4.99 Å². The van der Waals surface area contributed by atoms with E-state index in [1.807, 2.05) is 84.2 Å². The molecule has 1 N–H and O–H groups in total. The number of benzene rings is 8. The highest BCUT2D eigenvalue weighted by molar-refractivity contribution is 7.26. The van der Waals surface area contributed by atoms with Crippen LogP contribution in [0.2, 0.25) is 0 Å². The van der Waals surface area contributed by atoms with Crippen LogP contribution in [-0.4, -0.2) is 16.1 Å².